The average Bonchev–Trinajstić information content (AvgIpc) is 2.77. The molecule has 1 aromatic carbocycles. The van der Waals surface area contributed by atoms with Gasteiger partial charge >= 0.3 is 0 Å². The lowest BCUT2D eigenvalue weighted by Gasteiger charge is -2.21. The second-order valence-electron chi connectivity index (χ2n) is 7.23. The number of hydrogen-bond donors (Lipinski definition) is 1. The molecule has 0 aliphatic heterocycles. The number of nitrogens with two attached hydrogens (primary N) is 1. The van der Waals surface area contributed by atoms with Crippen LogP contribution in [0.4, 0.5) is 11.5 Å². The molecule has 0 atom stereocenters. The lowest BCUT2D eigenvalue weighted by Crippen LogP contribution is -2.26. The SMILES string of the molecule is C=CN(/C=C\C)c1cc(C)nc2c(OCc3c(Cl)cnc(N(C)CCN)c3Cl)cccc12. The van der Waals surface area contributed by atoms with Crippen LogP contribution in [0.5, 0.6) is 5.75 Å². The molecule has 2 N–H and O–H groups in total. The lowest BCUT2D eigenvalue weighted by atomic mass is 10.1. The van der Waals surface area contributed by atoms with E-state index in [0.717, 1.165) is 22.3 Å². The van der Waals surface area contributed by atoms with Crippen LogP contribution in [-0.4, -0.2) is 30.1 Å². The normalized spacial score (nSPS) is 11.2. The maximum absolute atomic E-state index is 6.62. The second-order valence-corrected chi connectivity index (χ2v) is 8.01. The van der Waals surface area contributed by atoms with Gasteiger partial charge in [-0.05, 0) is 26.0 Å². The molecule has 0 saturated heterocycles. The number of hydrogen-bond acceptors (Lipinski definition) is 6. The van der Waals surface area contributed by atoms with E-state index < -0.39 is 0 Å². The summed E-state index contributed by atoms with van der Waals surface area (Å²) in [5.41, 5.74) is 8.91. The monoisotopic (exact) mass is 471 g/mol. The van der Waals surface area contributed by atoms with Gasteiger partial charge in [0, 0.05) is 55.4 Å². The summed E-state index contributed by atoms with van der Waals surface area (Å²) in [6, 6.07) is 7.85. The molecule has 3 aromatic rings. The number of pyridine rings is 2. The highest BCUT2D eigenvalue weighted by Crippen LogP contribution is 2.35. The number of aromatic nitrogens is 2. The molecule has 0 fully saturated rings. The van der Waals surface area contributed by atoms with Crippen molar-refractivity contribution >= 4 is 45.6 Å². The molecule has 0 radical (unpaired) electrons. The number of ether oxygens (including phenoxy) is 1. The van der Waals surface area contributed by atoms with Gasteiger partial charge in [-0.15, -0.1) is 0 Å². The van der Waals surface area contributed by atoms with Crippen molar-refractivity contribution < 1.29 is 4.74 Å². The molecule has 0 spiro atoms. The van der Waals surface area contributed by atoms with Crippen molar-refractivity contribution in [1.82, 2.24) is 9.97 Å². The number of fused-ring (bicyclic) bond motifs is 1. The minimum Gasteiger partial charge on any atom is -0.487 e. The van der Waals surface area contributed by atoms with Gasteiger partial charge in [0.25, 0.3) is 0 Å². The van der Waals surface area contributed by atoms with E-state index in [9.17, 15) is 0 Å². The number of anilines is 2. The number of benzene rings is 1. The van der Waals surface area contributed by atoms with Gasteiger partial charge in [-0.2, -0.15) is 0 Å². The summed E-state index contributed by atoms with van der Waals surface area (Å²) in [5, 5.41) is 1.83. The Morgan fingerprint density at radius 1 is 1.28 bits per heavy atom. The van der Waals surface area contributed by atoms with Crippen LogP contribution in [-0.2, 0) is 6.61 Å². The summed E-state index contributed by atoms with van der Waals surface area (Å²) in [5.74, 6) is 1.25. The summed E-state index contributed by atoms with van der Waals surface area (Å²) in [4.78, 5) is 12.9. The Kier molecular flexibility index (Phi) is 7.96. The first kappa shape index (κ1) is 23.9. The topological polar surface area (TPSA) is 67.5 Å². The van der Waals surface area contributed by atoms with Crippen LogP contribution in [0.1, 0.15) is 18.2 Å². The van der Waals surface area contributed by atoms with Crippen LogP contribution >= 0.6 is 23.2 Å². The van der Waals surface area contributed by atoms with Gasteiger partial charge in [-0.1, -0.05) is 48.0 Å². The zero-order valence-corrected chi connectivity index (χ0v) is 20.0. The minimum absolute atomic E-state index is 0.174. The first-order chi connectivity index (χ1) is 15.4. The van der Waals surface area contributed by atoms with Crippen LogP contribution in [0.15, 0.2) is 55.5 Å². The molecular formula is C24H27Cl2N5O. The van der Waals surface area contributed by atoms with E-state index in [4.69, 9.17) is 38.7 Å². The highest BCUT2D eigenvalue weighted by atomic mass is 35.5. The number of aryl methyl sites for hydroxylation is 1. The van der Waals surface area contributed by atoms with E-state index >= 15 is 0 Å². The third-order valence-electron chi connectivity index (χ3n) is 4.94. The van der Waals surface area contributed by atoms with E-state index in [-0.39, 0.29) is 6.61 Å². The standard InChI is InChI=1S/C24H27Cl2N5O/c1-5-11-31(6-2)20-13-16(3)29-23-17(20)8-7-9-21(23)32-15-18-19(25)14-28-24(22(18)26)30(4)12-10-27/h5-9,11,13-14H,2,10,12,15,27H2,1,3-4H3/b11-5-. The molecule has 32 heavy (non-hydrogen) atoms. The van der Waals surface area contributed by atoms with E-state index in [1.54, 1.807) is 12.4 Å². The Labute approximate surface area is 198 Å². The van der Waals surface area contributed by atoms with E-state index in [1.807, 2.05) is 67.2 Å². The molecule has 0 aliphatic carbocycles. The first-order valence-electron chi connectivity index (χ1n) is 10.2. The molecule has 8 heteroatoms. The summed E-state index contributed by atoms with van der Waals surface area (Å²) in [7, 11) is 1.88. The van der Waals surface area contributed by atoms with Crippen LogP contribution in [0, 0.1) is 6.92 Å². The Hall–Kier alpha value is -2.80. The zero-order chi connectivity index (χ0) is 23.3. The first-order valence-corrected chi connectivity index (χ1v) is 11.0. The van der Waals surface area contributed by atoms with E-state index in [0.29, 0.717) is 40.3 Å². The minimum atomic E-state index is 0.174. The predicted octanol–water partition coefficient (Wildman–Crippen LogP) is 5.70. The van der Waals surface area contributed by atoms with Crippen molar-refractivity contribution in [3.63, 3.8) is 0 Å². The Balaban J connectivity index is 2.00. The Morgan fingerprint density at radius 2 is 2.06 bits per heavy atom. The fourth-order valence-corrected chi connectivity index (χ4v) is 3.99. The lowest BCUT2D eigenvalue weighted by molar-refractivity contribution is 0.309. The highest BCUT2D eigenvalue weighted by Gasteiger charge is 2.17. The fraction of sp³-hybridized carbons (Fsp3) is 0.250. The summed E-state index contributed by atoms with van der Waals surface area (Å²) in [6.07, 6.45) is 7.25. The smallest absolute Gasteiger partial charge is 0.147 e. The number of likely N-dealkylation sites (N-methyl/N-ethyl adjacent to an activating group) is 1. The summed E-state index contributed by atoms with van der Waals surface area (Å²) >= 11 is 13.0. The van der Waals surface area contributed by atoms with Gasteiger partial charge in [0.2, 0.25) is 0 Å². The highest BCUT2D eigenvalue weighted by molar-refractivity contribution is 6.37. The molecule has 2 heterocycles. The zero-order valence-electron chi connectivity index (χ0n) is 18.5. The van der Waals surface area contributed by atoms with Crippen LogP contribution < -0.4 is 20.3 Å². The van der Waals surface area contributed by atoms with Gasteiger partial charge in [-0.3, -0.25) is 0 Å². The van der Waals surface area contributed by atoms with Gasteiger partial charge < -0.3 is 20.3 Å². The molecule has 0 unspecified atom stereocenters. The molecule has 0 amide bonds. The van der Waals surface area contributed by atoms with E-state index in [1.165, 1.54) is 0 Å². The third kappa shape index (κ3) is 4.99. The molecule has 168 valence electrons. The molecule has 2 aromatic heterocycles. The second kappa shape index (κ2) is 10.7. The van der Waals surface area contributed by atoms with Gasteiger partial charge in [0.05, 0.1) is 15.7 Å². The number of nitrogens with zero attached hydrogens (tertiary/aromatic N) is 4. The van der Waals surface area contributed by atoms with E-state index in [2.05, 4.69) is 11.6 Å². The van der Waals surface area contributed by atoms with Crippen molar-refractivity contribution in [1.29, 1.82) is 0 Å². The molecule has 6 nitrogen and oxygen atoms in total. The quantitative estimate of drug-likeness (QED) is 0.431. The maximum Gasteiger partial charge on any atom is 0.147 e. The molecule has 3 rings (SSSR count). The largest absolute Gasteiger partial charge is 0.487 e. The summed E-state index contributed by atoms with van der Waals surface area (Å²) in [6.45, 7) is 9.12. The van der Waals surface area contributed by atoms with Crippen LogP contribution in [0.2, 0.25) is 10.0 Å². The van der Waals surface area contributed by atoms with Gasteiger partial charge in [-0.25, -0.2) is 9.97 Å². The number of halogens is 2. The van der Waals surface area contributed by atoms with Crippen LogP contribution in [0.25, 0.3) is 10.9 Å². The summed E-state index contributed by atoms with van der Waals surface area (Å²) < 4.78 is 6.18. The molecule has 0 aliphatic rings. The van der Waals surface area contributed by atoms with Gasteiger partial charge in [0.1, 0.15) is 23.7 Å². The third-order valence-corrected chi connectivity index (χ3v) is 5.66. The average molecular weight is 472 g/mol. The fourth-order valence-electron chi connectivity index (χ4n) is 3.40. The number of para-hydroxylation sites is 1. The van der Waals surface area contributed by atoms with Crippen molar-refractivity contribution in [3.05, 3.63) is 76.8 Å². The van der Waals surface area contributed by atoms with Crippen molar-refractivity contribution in [3.8, 4) is 5.75 Å². The Bertz CT molecular complexity index is 1150. The number of rotatable bonds is 9. The van der Waals surface area contributed by atoms with Gasteiger partial charge in [0.15, 0.2) is 0 Å². The predicted molar refractivity (Wildman–Crippen MR) is 135 cm³/mol. The maximum atomic E-state index is 6.62. The molecular weight excluding hydrogens is 445 g/mol. The van der Waals surface area contributed by atoms with Crippen molar-refractivity contribution in [2.45, 2.75) is 20.5 Å². The Morgan fingerprint density at radius 3 is 2.75 bits per heavy atom. The van der Waals surface area contributed by atoms with Crippen molar-refractivity contribution in [2.24, 2.45) is 5.73 Å². The molecule has 0 saturated carbocycles. The molecule has 0 bridgehead atoms. The number of allylic oxidation sites excluding steroid dienone is 1. The van der Waals surface area contributed by atoms with Crippen LogP contribution in [0.3, 0.4) is 0 Å². The van der Waals surface area contributed by atoms with Crippen molar-refractivity contribution in [2.75, 3.05) is 29.9 Å².